The van der Waals surface area contributed by atoms with Crippen LogP contribution in [0.25, 0.3) is 10.8 Å². The van der Waals surface area contributed by atoms with Gasteiger partial charge in [0.25, 0.3) is 0 Å². The van der Waals surface area contributed by atoms with E-state index in [9.17, 15) is 14.9 Å². The summed E-state index contributed by atoms with van der Waals surface area (Å²) in [6, 6.07) is 24.0. The minimum Gasteiger partial charge on any atom is -0.355 e. The number of imidazole rings is 1. The predicted molar refractivity (Wildman–Crippen MR) is 171 cm³/mol. The molecular weight excluding hydrogens is 536 g/mol. The summed E-state index contributed by atoms with van der Waals surface area (Å²) in [4.78, 5) is 34.9. The molecule has 0 fully saturated rings. The lowest BCUT2D eigenvalue weighted by Crippen LogP contribution is -2.51. The summed E-state index contributed by atoms with van der Waals surface area (Å²) in [7, 11) is 0. The first-order chi connectivity index (χ1) is 20.8. The summed E-state index contributed by atoms with van der Waals surface area (Å²) in [6.45, 7) is 10.4. The Bertz CT molecular complexity index is 1550. The molecule has 0 aliphatic rings. The first-order valence-corrected chi connectivity index (χ1v) is 15.1. The van der Waals surface area contributed by atoms with Gasteiger partial charge in [-0.25, -0.2) is 4.98 Å². The highest BCUT2D eigenvalue weighted by atomic mass is 16.2. The summed E-state index contributed by atoms with van der Waals surface area (Å²) < 4.78 is 1.97. The summed E-state index contributed by atoms with van der Waals surface area (Å²) in [5.41, 5.74) is 2.75. The van der Waals surface area contributed by atoms with E-state index in [0.717, 1.165) is 34.7 Å². The van der Waals surface area contributed by atoms with E-state index in [0.29, 0.717) is 37.6 Å². The Morgan fingerprint density at radius 1 is 1.05 bits per heavy atom. The molecule has 2 atom stereocenters. The number of nitriles is 1. The normalized spacial score (nSPS) is 12.6. The standard InChI is InChI=1S/C35H42N6O2/c1-5-18-38-34(43)24-39(22-31-12-9-11-30-10-7-8-13-32(30)31)23-33(26(3)6-2)41(27(4)42)35-20-37-25-40(35)21-29-16-14-28(19-36)15-17-29/h7-17,20,25-26,33H,5-6,18,21-24H2,1-4H3,(H,38,43). The molecule has 0 radical (unpaired) electrons. The summed E-state index contributed by atoms with van der Waals surface area (Å²) >= 11 is 0. The van der Waals surface area contributed by atoms with Gasteiger partial charge in [-0.1, -0.05) is 81.8 Å². The number of nitrogens with one attached hydrogen (secondary N) is 1. The quantitative estimate of drug-likeness (QED) is 0.206. The Morgan fingerprint density at radius 2 is 1.79 bits per heavy atom. The van der Waals surface area contributed by atoms with Crippen molar-refractivity contribution < 1.29 is 9.59 Å². The van der Waals surface area contributed by atoms with Gasteiger partial charge in [-0.05, 0) is 46.4 Å². The SMILES string of the molecule is CCCNC(=O)CN(Cc1cccc2ccccc12)CC(C(C)CC)N(C(C)=O)c1cncn1Cc1ccc(C#N)cc1. The van der Waals surface area contributed by atoms with Crippen LogP contribution in [0.1, 0.15) is 57.2 Å². The van der Waals surface area contributed by atoms with E-state index in [-0.39, 0.29) is 30.3 Å². The van der Waals surface area contributed by atoms with Gasteiger partial charge in [0.15, 0.2) is 0 Å². The number of aromatic nitrogens is 2. The number of benzene rings is 3. The van der Waals surface area contributed by atoms with Crippen molar-refractivity contribution >= 4 is 28.4 Å². The molecule has 0 saturated heterocycles. The van der Waals surface area contributed by atoms with Crippen LogP contribution in [-0.4, -0.2) is 51.9 Å². The number of fused-ring (bicyclic) bond motifs is 1. The number of rotatable bonds is 14. The van der Waals surface area contributed by atoms with Gasteiger partial charge in [-0.3, -0.25) is 19.4 Å². The third-order valence-corrected chi connectivity index (χ3v) is 8.00. The third kappa shape index (κ3) is 8.08. The van der Waals surface area contributed by atoms with Gasteiger partial charge < -0.3 is 9.88 Å². The molecule has 0 saturated carbocycles. The molecule has 43 heavy (non-hydrogen) atoms. The summed E-state index contributed by atoms with van der Waals surface area (Å²) in [5.74, 6) is 0.760. The minimum atomic E-state index is -0.201. The molecule has 8 nitrogen and oxygen atoms in total. The van der Waals surface area contributed by atoms with Crippen LogP contribution in [0, 0.1) is 17.2 Å². The maximum absolute atomic E-state index is 13.4. The van der Waals surface area contributed by atoms with E-state index < -0.39 is 0 Å². The highest BCUT2D eigenvalue weighted by Gasteiger charge is 2.32. The second kappa shape index (κ2) is 15.1. The average molecular weight is 579 g/mol. The van der Waals surface area contributed by atoms with Gasteiger partial charge in [0, 0.05) is 26.6 Å². The van der Waals surface area contributed by atoms with Crippen LogP contribution in [-0.2, 0) is 22.7 Å². The zero-order chi connectivity index (χ0) is 30.8. The largest absolute Gasteiger partial charge is 0.355 e. The molecule has 2 unspecified atom stereocenters. The fraction of sp³-hybridized carbons (Fsp3) is 0.371. The van der Waals surface area contributed by atoms with Crippen molar-refractivity contribution in [3.8, 4) is 6.07 Å². The van der Waals surface area contributed by atoms with Crippen molar-refractivity contribution in [2.75, 3.05) is 24.5 Å². The number of amides is 2. The number of hydrogen-bond donors (Lipinski definition) is 1. The van der Waals surface area contributed by atoms with E-state index in [1.54, 1.807) is 31.6 Å². The smallest absolute Gasteiger partial charge is 0.234 e. The minimum absolute atomic E-state index is 0.0229. The van der Waals surface area contributed by atoms with E-state index in [2.05, 4.69) is 65.4 Å². The van der Waals surface area contributed by atoms with Crippen LogP contribution < -0.4 is 10.2 Å². The van der Waals surface area contributed by atoms with Crippen molar-refractivity contribution in [3.63, 3.8) is 0 Å². The number of carbonyl (C=O) groups is 2. The Hall–Kier alpha value is -4.48. The third-order valence-electron chi connectivity index (χ3n) is 8.00. The molecule has 224 valence electrons. The lowest BCUT2D eigenvalue weighted by atomic mass is 9.96. The molecule has 8 heteroatoms. The van der Waals surface area contributed by atoms with E-state index >= 15 is 0 Å². The van der Waals surface area contributed by atoms with Crippen molar-refractivity contribution in [2.45, 2.75) is 59.7 Å². The molecule has 0 spiro atoms. The van der Waals surface area contributed by atoms with Gasteiger partial charge in [0.2, 0.25) is 11.8 Å². The lowest BCUT2D eigenvalue weighted by Gasteiger charge is -2.38. The number of nitrogens with zero attached hydrogens (tertiary/aromatic N) is 5. The highest BCUT2D eigenvalue weighted by molar-refractivity contribution is 5.91. The van der Waals surface area contributed by atoms with Crippen LogP contribution in [0.3, 0.4) is 0 Å². The van der Waals surface area contributed by atoms with Gasteiger partial charge >= 0.3 is 0 Å². The van der Waals surface area contributed by atoms with Gasteiger partial charge in [0.1, 0.15) is 5.82 Å². The summed E-state index contributed by atoms with van der Waals surface area (Å²) in [6.07, 6.45) is 5.21. The van der Waals surface area contributed by atoms with Crippen LogP contribution >= 0.6 is 0 Å². The van der Waals surface area contributed by atoms with Gasteiger partial charge in [-0.15, -0.1) is 0 Å². The van der Waals surface area contributed by atoms with Crippen molar-refractivity contribution in [2.24, 2.45) is 5.92 Å². The van der Waals surface area contributed by atoms with E-state index in [1.165, 1.54) is 0 Å². The first-order valence-electron chi connectivity index (χ1n) is 15.1. The monoisotopic (exact) mass is 578 g/mol. The lowest BCUT2D eigenvalue weighted by molar-refractivity contribution is -0.122. The Morgan fingerprint density at radius 3 is 2.49 bits per heavy atom. The maximum atomic E-state index is 13.4. The topological polar surface area (TPSA) is 94.3 Å². The van der Waals surface area contributed by atoms with E-state index in [1.807, 2.05) is 40.7 Å². The van der Waals surface area contributed by atoms with Gasteiger partial charge in [-0.2, -0.15) is 5.26 Å². The number of hydrogen-bond acceptors (Lipinski definition) is 5. The molecule has 0 aliphatic carbocycles. The first kappa shape index (κ1) is 31.5. The molecule has 1 heterocycles. The maximum Gasteiger partial charge on any atom is 0.234 e. The predicted octanol–water partition coefficient (Wildman–Crippen LogP) is 5.75. The van der Waals surface area contributed by atoms with Gasteiger partial charge in [0.05, 0.1) is 43.3 Å². The summed E-state index contributed by atoms with van der Waals surface area (Å²) in [5, 5.41) is 14.5. The number of carbonyl (C=O) groups excluding carboxylic acids is 2. The van der Waals surface area contributed by atoms with E-state index in [4.69, 9.17) is 0 Å². The zero-order valence-electron chi connectivity index (χ0n) is 25.7. The zero-order valence-corrected chi connectivity index (χ0v) is 25.7. The molecule has 4 rings (SSSR count). The van der Waals surface area contributed by atoms with Crippen LogP contribution in [0.4, 0.5) is 5.82 Å². The second-order valence-corrected chi connectivity index (χ2v) is 11.2. The molecule has 4 aromatic rings. The molecule has 3 aromatic carbocycles. The molecule has 2 amide bonds. The number of anilines is 1. The van der Waals surface area contributed by atoms with Crippen molar-refractivity contribution in [1.29, 1.82) is 5.26 Å². The Labute approximate surface area is 254 Å². The Balaban J connectivity index is 1.68. The van der Waals surface area contributed by atoms with Crippen molar-refractivity contribution in [3.05, 3.63) is 95.9 Å². The molecule has 1 N–H and O–H groups in total. The van der Waals surface area contributed by atoms with Crippen molar-refractivity contribution in [1.82, 2.24) is 19.8 Å². The Kier molecular flexibility index (Phi) is 11.1. The van der Waals surface area contributed by atoms with Crippen LogP contribution in [0.5, 0.6) is 0 Å². The fourth-order valence-corrected chi connectivity index (χ4v) is 5.51. The fourth-order valence-electron chi connectivity index (χ4n) is 5.51. The molecule has 0 bridgehead atoms. The molecule has 0 aliphatic heterocycles. The highest BCUT2D eigenvalue weighted by Crippen LogP contribution is 2.27. The average Bonchev–Trinajstić information content (AvgIpc) is 3.46. The van der Waals surface area contributed by atoms with Crippen LogP contribution in [0.2, 0.25) is 0 Å². The second-order valence-electron chi connectivity index (χ2n) is 11.2. The molecule has 1 aromatic heterocycles. The molecular formula is C35H42N6O2. The van der Waals surface area contributed by atoms with Crippen LogP contribution in [0.15, 0.2) is 79.3 Å².